The van der Waals surface area contributed by atoms with Crippen molar-refractivity contribution in [3.63, 3.8) is 0 Å². The zero-order chi connectivity index (χ0) is 13.5. The van der Waals surface area contributed by atoms with Gasteiger partial charge in [-0.1, -0.05) is 44.9 Å². The van der Waals surface area contributed by atoms with E-state index < -0.39 is 0 Å². The van der Waals surface area contributed by atoms with E-state index >= 15 is 0 Å². The van der Waals surface area contributed by atoms with Gasteiger partial charge in [0.15, 0.2) is 0 Å². The molecule has 110 valence electrons. The lowest BCUT2D eigenvalue weighted by atomic mass is 9.86. The van der Waals surface area contributed by atoms with Crippen molar-refractivity contribution in [2.75, 3.05) is 6.54 Å². The van der Waals surface area contributed by atoms with E-state index in [1.807, 2.05) is 0 Å². The third-order valence-electron chi connectivity index (χ3n) is 5.07. The Morgan fingerprint density at radius 1 is 1.05 bits per heavy atom. The molecule has 0 aliphatic heterocycles. The number of hydrogen-bond donors (Lipinski definition) is 2. The number of hydrogen-bond acceptors (Lipinski definition) is 2. The summed E-state index contributed by atoms with van der Waals surface area (Å²) in [7, 11) is 0. The zero-order valence-electron chi connectivity index (χ0n) is 12.2. The SMILES string of the molecule is NCC(NC(=O)CCC1CCCCC1)C1CCCC1. The third-order valence-corrected chi connectivity index (χ3v) is 5.07. The van der Waals surface area contributed by atoms with Crippen molar-refractivity contribution in [2.24, 2.45) is 17.6 Å². The molecule has 0 bridgehead atoms. The number of nitrogens with two attached hydrogens (primary N) is 1. The van der Waals surface area contributed by atoms with Crippen LogP contribution in [0, 0.1) is 11.8 Å². The highest BCUT2D eigenvalue weighted by molar-refractivity contribution is 5.76. The fourth-order valence-electron chi connectivity index (χ4n) is 3.82. The van der Waals surface area contributed by atoms with Gasteiger partial charge in [0.2, 0.25) is 5.91 Å². The third kappa shape index (κ3) is 4.79. The Morgan fingerprint density at radius 3 is 2.32 bits per heavy atom. The monoisotopic (exact) mass is 266 g/mol. The fraction of sp³-hybridized carbons (Fsp3) is 0.938. The summed E-state index contributed by atoms with van der Waals surface area (Å²) >= 11 is 0. The quantitative estimate of drug-likeness (QED) is 0.776. The topological polar surface area (TPSA) is 55.1 Å². The van der Waals surface area contributed by atoms with E-state index in [1.165, 1.54) is 57.8 Å². The van der Waals surface area contributed by atoms with Crippen LogP contribution in [0.4, 0.5) is 0 Å². The van der Waals surface area contributed by atoms with Crippen LogP contribution in [-0.2, 0) is 4.79 Å². The van der Waals surface area contributed by atoms with Crippen LogP contribution in [0.15, 0.2) is 0 Å². The van der Waals surface area contributed by atoms with E-state index in [0.717, 1.165) is 12.3 Å². The van der Waals surface area contributed by atoms with Crippen molar-refractivity contribution < 1.29 is 4.79 Å². The summed E-state index contributed by atoms with van der Waals surface area (Å²) in [4.78, 5) is 12.0. The standard InChI is InChI=1S/C16H30N2O/c17-12-15(14-8-4-5-9-14)18-16(19)11-10-13-6-2-1-3-7-13/h13-15H,1-12,17H2,(H,18,19). The van der Waals surface area contributed by atoms with E-state index in [1.54, 1.807) is 0 Å². The molecule has 2 saturated carbocycles. The van der Waals surface area contributed by atoms with Crippen molar-refractivity contribution in [3.05, 3.63) is 0 Å². The van der Waals surface area contributed by atoms with E-state index in [0.29, 0.717) is 18.9 Å². The lowest BCUT2D eigenvalue weighted by Gasteiger charge is -2.24. The minimum absolute atomic E-state index is 0.223. The Morgan fingerprint density at radius 2 is 1.68 bits per heavy atom. The van der Waals surface area contributed by atoms with Crippen LogP contribution in [0.25, 0.3) is 0 Å². The van der Waals surface area contributed by atoms with Crippen molar-refractivity contribution in [1.29, 1.82) is 0 Å². The molecule has 1 atom stereocenters. The van der Waals surface area contributed by atoms with Crippen molar-refractivity contribution in [3.8, 4) is 0 Å². The second kappa shape index (κ2) is 7.88. The smallest absolute Gasteiger partial charge is 0.220 e. The van der Waals surface area contributed by atoms with Crippen LogP contribution >= 0.6 is 0 Å². The highest BCUT2D eigenvalue weighted by Crippen LogP contribution is 2.28. The predicted octanol–water partition coefficient (Wildman–Crippen LogP) is 2.98. The Kier molecular flexibility index (Phi) is 6.15. The molecule has 3 heteroatoms. The molecule has 2 aliphatic rings. The summed E-state index contributed by atoms with van der Waals surface area (Å²) in [6.07, 6.45) is 13.6. The molecule has 0 aromatic carbocycles. The molecule has 0 spiro atoms. The summed E-state index contributed by atoms with van der Waals surface area (Å²) in [6.45, 7) is 0.597. The fourth-order valence-corrected chi connectivity index (χ4v) is 3.82. The molecule has 3 N–H and O–H groups in total. The van der Waals surface area contributed by atoms with Gasteiger partial charge in [-0.15, -0.1) is 0 Å². The summed E-state index contributed by atoms with van der Waals surface area (Å²) in [5.41, 5.74) is 5.83. The molecule has 19 heavy (non-hydrogen) atoms. The van der Waals surface area contributed by atoms with Gasteiger partial charge >= 0.3 is 0 Å². The average molecular weight is 266 g/mol. The molecule has 2 rings (SSSR count). The van der Waals surface area contributed by atoms with Crippen molar-refractivity contribution >= 4 is 5.91 Å². The number of rotatable bonds is 6. The zero-order valence-corrected chi connectivity index (χ0v) is 12.2. The van der Waals surface area contributed by atoms with Crippen molar-refractivity contribution in [1.82, 2.24) is 5.32 Å². The minimum Gasteiger partial charge on any atom is -0.352 e. The van der Waals surface area contributed by atoms with Crippen LogP contribution in [0.3, 0.4) is 0 Å². The first kappa shape index (κ1) is 14.8. The highest BCUT2D eigenvalue weighted by atomic mass is 16.1. The Bertz CT molecular complexity index is 268. The van der Waals surface area contributed by atoms with Gasteiger partial charge in [-0.3, -0.25) is 4.79 Å². The molecule has 3 nitrogen and oxygen atoms in total. The van der Waals surface area contributed by atoms with Gasteiger partial charge in [-0.25, -0.2) is 0 Å². The first-order chi connectivity index (χ1) is 9.29. The molecule has 0 radical (unpaired) electrons. The molecular weight excluding hydrogens is 236 g/mol. The van der Waals surface area contributed by atoms with Crippen LogP contribution in [-0.4, -0.2) is 18.5 Å². The van der Waals surface area contributed by atoms with E-state index in [2.05, 4.69) is 5.32 Å². The first-order valence-corrected chi connectivity index (χ1v) is 8.29. The summed E-state index contributed by atoms with van der Waals surface area (Å²) < 4.78 is 0. The molecule has 2 fully saturated rings. The maximum Gasteiger partial charge on any atom is 0.220 e. The predicted molar refractivity (Wildman–Crippen MR) is 78.8 cm³/mol. The molecule has 0 aromatic rings. The van der Waals surface area contributed by atoms with Gasteiger partial charge < -0.3 is 11.1 Å². The van der Waals surface area contributed by atoms with Crippen molar-refractivity contribution in [2.45, 2.75) is 76.7 Å². The van der Waals surface area contributed by atoms with Crippen LogP contribution in [0.1, 0.15) is 70.6 Å². The number of amides is 1. The van der Waals surface area contributed by atoms with Gasteiger partial charge in [-0.05, 0) is 31.1 Å². The molecule has 0 aromatic heterocycles. The lowest BCUT2D eigenvalue weighted by Crippen LogP contribution is -2.44. The minimum atomic E-state index is 0.223. The second-order valence-corrected chi connectivity index (χ2v) is 6.50. The van der Waals surface area contributed by atoms with Crippen LogP contribution in [0.2, 0.25) is 0 Å². The summed E-state index contributed by atoms with van der Waals surface area (Å²) in [5.74, 6) is 1.65. The van der Waals surface area contributed by atoms with Gasteiger partial charge in [0.1, 0.15) is 0 Å². The van der Waals surface area contributed by atoms with Gasteiger partial charge in [0.05, 0.1) is 0 Å². The van der Waals surface area contributed by atoms with Crippen LogP contribution in [0.5, 0.6) is 0 Å². The average Bonchev–Trinajstić information content (AvgIpc) is 2.97. The van der Waals surface area contributed by atoms with E-state index in [9.17, 15) is 4.79 Å². The molecule has 1 amide bonds. The molecular formula is C16H30N2O. The second-order valence-electron chi connectivity index (χ2n) is 6.50. The summed E-state index contributed by atoms with van der Waals surface area (Å²) in [5, 5.41) is 3.18. The van der Waals surface area contributed by atoms with Gasteiger partial charge in [0, 0.05) is 19.0 Å². The number of carbonyl (C=O) groups is 1. The maximum atomic E-state index is 12.0. The highest BCUT2D eigenvalue weighted by Gasteiger charge is 2.25. The van der Waals surface area contributed by atoms with Crippen LogP contribution < -0.4 is 11.1 Å². The molecule has 0 heterocycles. The Hall–Kier alpha value is -0.570. The van der Waals surface area contributed by atoms with Gasteiger partial charge in [-0.2, -0.15) is 0 Å². The summed E-state index contributed by atoms with van der Waals surface area (Å²) in [6, 6.07) is 0.223. The largest absolute Gasteiger partial charge is 0.352 e. The Balaban J connectivity index is 1.66. The Labute approximate surface area is 117 Å². The van der Waals surface area contributed by atoms with Gasteiger partial charge in [0.25, 0.3) is 0 Å². The van der Waals surface area contributed by atoms with E-state index in [-0.39, 0.29) is 11.9 Å². The normalized spacial score (nSPS) is 23.4. The lowest BCUT2D eigenvalue weighted by molar-refractivity contribution is -0.122. The van der Waals surface area contributed by atoms with E-state index in [4.69, 9.17) is 5.73 Å². The molecule has 1 unspecified atom stereocenters. The maximum absolute atomic E-state index is 12.0. The molecule has 2 aliphatic carbocycles. The molecule has 0 saturated heterocycles. The first-order valence-electron chi connectivity index (χ1n) is 8.29. The number of nitrogens with one attached hydrogen (secondary N) is 1. The number of carbonyl (C=O) groups excluding carboxylic acids is 1.